The lowest BCUT2D eigenvalue weighted by Crippen LogP contribution is -2.44. The minimum Gasteiger partial charge on any atom is -0.511 e. The molecule has 0 aromatic heterocycles. The summed E-state index contributed by atoms with van der Waals surface area (Å²) in [5.74, 6) is -6.60. The Morgan fingerprint density at radius 1 is 1.03 bits per heavy atom. The molecule has 1 saturated carbocycles. The van der Waals surface area contributed by atoms with Crippen LogP contribution in [-0.2, 0) is 20.8 Å². The van der Waals surface area contributed by atoms with Crippen LogP contribution in [0.15, 0.2) is 53.3 Å². The first kappa shape index (κ1) is 24.3. The normalized spacial score (nSPS) is 22.8. The lowest BCUT2D eigenvalue weighted by Gasteiger charge is -2.41. The number of benzene rings is 2. The molecule has 0 heterocycles. The number of ketones is 3. The highest BCUT2D eigenvalue weighted by Crippen LogP contribution is 2.52. The van der Waals surface area contributed by atoms with Crippen LogP contribution in [0.1, 0.15) is 39.9 Å². The van der Waals surface area contributed by atoms with Gasteiger partial charge in [-0.05, 0) is 36.3 Å². The van der Waals surface area contributed by atoms with Crippen molar-refractivity contribution in [2.75, 3.05) is 19.0 Å². The number of nitrogens with zero attached hydrogens (tertiary/aromatic N) is 1. The summed E-state index contributed by atoms with van der Waals surface area (Å²) >= 11 is 0. The van der Waals surface area contributed by atoms with Gasteiger partial charge in [0.1, 0.15) is 22.8 Å². The first-order valence-corrected chi connectivity index (χ1v) is 11.9. The molecule has 9 nitrogen and oxygen atoms in total. The summed E-state index contributed by atoms with van der Waals surface area (Å²) in [5.41, 5.74) is 6.19. The van der Waals surface area contributed by atoms with Crippen LogP contribution in [-0.4, -0.2) is 52.7 Å². The maximum atomic E-state index is 13.6. The minimum absolute atomic E-state index is 0.00258. The van der Waals surface area contributed by atoms with Crippen LogP contribution in [0.25, 0.3) is 5.76 Å². The molecule has 2 aromatic rings. The van der Waals surface area contributed by atoms with E-state index < -0.39 is 63.9 Å². The van der Waals surface area contributed by atoms with Crippen LogP contribution in [0.2, 0.25) is 0 Å². The van der Waals surface area contributed by atoms with Gasteiger partial charge in [-0.3, -0.25) is 19.2 Å². The van der Waals surface area contributed by atoms with Crippen LogP contribution in [0.3, 0.4) is 0 Å². The van der Waals surface area contributed by atoms with Crippen molar-refractivity contribution in [2.45, 2.75) is 19.3 Å². The summed E-state index contributed by atoms with van der Waals surface area (Å²) < 4.78 is 0. The molecular weight excluding hydrogens is 476 g/mol. The fourth-order valence-electron chi connectivity index (χ4n) is 6.01. The number of carbonyl (C=O) groups is 4. The highest BCUT2D eigenvalue weighted by Gasteiger charge is 2.51. The first-order chi connectivity index (χ1) is 17.5. The molecule has 3 aliphatic rings. The van der Waals surface area contributed by atoms with Crippen LogP contribution in [0.4, 0.5) is 5.69 Å². The molecule has 0 saturated heterocycles. The number of aliphatic hydroxyl groups is 2. The van der Waals surface area contributed by atoms with E-state index >= 15 is 0 Å². The molecule has 37 heavy (non-hydrogen) atoms. The Bertz CT molecular complexity index is 1450. The van der Waals surface area contributed by atoms with E-state index in [1.54, 1.807) is 55.4 Å². The molecule has 0 bridgehead atoms. The van der Waals surface area contributed by atoms with E-state index in [1.807, 2.05) is 0 Å². The number of carbonyl (C=O) groups excluding carboxylic acids is 4. The molecule has 0 radical (unpaired) electrons. The molecule has 1 amide bonds. The van der Waals surface area contributed by atoms with Crippen LogP contribution >= 0.6 is 0 Å². The number of amides is 1. The van der Waals surface area contributed by atoms with Gasteiger partial charge >= 0.3 is 0 Å². The number of primary amides is 1. The first-order valence-electron chi connectivity index (χ1n) is 11.9. The number of rotatable bonds is 4. The third-order valence-corrected chi connectivity index (χ3v) is 7.63. The Morgan fingerprint density at radius 3 is 2.32 bits per heavy atom. The largest absolute Gasteiger partial charge is 0.511 e. The number of anilines is 1. The predicted molar refractivity (Wildman–Crippen MR) is 134 cm³/mol. The van der Waals surface area contributed by atoms with Crippen molar-refractivity contribution in [3.8, 4) is 5.75 Å². The fraction of sp³-hybridized carbons (Fsp3) is 0.286. The average molecular weight is 503 g/mol. The van der Waals surface area contributed by atoms with Crippen molar-refractivity contribution in [3.05, 3.63) is 75.6 Å². The van der Waals surface area contributed by atoms with Gasteiger partial charge < -0.3 is 26.0 Å². The Morgan fingerprint density at radius 2 is 1.70 bits per heavy atom. The highest BCUT2D eigenvalue weighted by atomic mass is 16.3. The molecule has 3 aliphatic carbocycles. The summed E-state index contributed by atoms with van der Waals surface area (Å²) in [6.45, 7) is 0. The van der Waals surface area contributed by atoms with E-state index in [-0.39, 0.29) is 29.5 Å². The highest BCUT2D eigenvalue weighted by molar-refractivity contribution is 6.21. The van der Waals surface area contributed by atoms with Crippen molar-refractivity contribution in [3.63, 3.8) is 0 Å². The van der Waals surface area contributed by atoms with Crippen molar-refractivity contribution >= 4 is 34.7 Å². The third kappa shape index (κ3) is 3.61. The van der Waals surface area contributed by atoms with Crippen molar-refractivity contribution in [1.82, 2.24) is 0 Å². The molecule has 0 spiro atoms. The van der Waals surface area contributed by atoms with Crippen LogP contribution in [0, 0.1) is 17.8 Å². The molecule has 3 atom stereocenters. The van der Waals surface area contributed by atoms with Crippen LogP contribution < -0.4 is 10.6 Å². The summed E-state index contributed by atoms with van der Waals surface area (Å²) in [5, 5.41) is 33.3. The Balaban J connectivity index is 1.70. The maximum absolute atomic E-state index is 13.6. The lowest BCUT2D eigenvalue weighted by molar-refractivity contribution is -0.127. The number of phenols is 1. The zero-order chi connectivity index (χ0) is 26.8. The zero-order valence-corrected chi connectivity index (χ0v) is 20.3. The monoisotopic (exact) mass is 502 g/mol. The number of fused-ring (bicyclic) bond motifs is 3. The summed E-state index contributed by atoms with van der Waals surface area (Å²) in [4.78, 5) is 52.9. The molecule has 3 unspecified atom stereocenters. The number of allylic oxidation sites excluding steroid dienone is 2. The quantitative estimate of drug-likeness (QED) is 0.367. The summed E-state index contributed by atoms with van der Waals surface area (Å²) in [7, 11) is 3.55. The van der Waals surface area contributed by atoms with Gasteiger partial charge in [-0.2, -0.15) is 0 Å². The van der Waals surface area contributed by atoms with E-state index in [9.17, 15) is 34.5 Å². The molecule has 5 N–H and O–H groups in total. The molecule has 2 aromatic carbocycles. The smallest absolute Gasteiger partial charge is 0.255 e. The molecule has 9 heteroatoms. The molecular formula is C28H26N2O7. The standard InChI is InChI=1S/C28H26N2O7/c1-30(2)17-11-16(23(32)12-6-4-3-5-7-12)24(33)21-15(17)9-13-8-14-10-18(31)22(28(29)37)27(36)20(14)25(34)19(13)26(21)35/h3-7,11,13-14,20,33,35-36H,8-10H2,1-2H3,(H2,29,37). The second kappa shape index (κ2) is 8.62. The van der Waals surface area contributed by atoms with Gasteiger partial charge in [0.25, 0.3) is 5.91 Å². The van der Waals surface area contributed by atoms with Crippen molar-refractivity contribution in [1.29, 1.82) is 0 Å². The SMILES string of the molecule is CN(C)c1cc(C(=O)c2ccccc2)c(O)c2c1CC1CC3CC(=O)C(C(N)=O)=C(O)C3C(=O)C1=C2O. The molecule has 190 valence electrons. The number of nitrogens with two attached hydrogens (primary N) is 1. The van der Waals surface area contributed by atoms with E-state index in [4.69, 9.17) is 5.73 Å². The van der Waals surface area contributed by atoms with E-state index in [1.165, 1.54) is 0 Å². The predicted octanol–water partition coefficient (Wildman–Crippen LogP) is 2.61. The minimum atomic E-state index is -1.19. The van der Waals surface area contributed by atoms with Gasteiger partial charge in [0.2, 0.25) is 0 Å². The summed E-state index contributed by atoms with van der Waals surface area (Å²) in [6, 6.07) is 9.97. The zero-order valence-electron chi connectivity index (χ0n) is 20.3. The molecule has 5 rings (SSSR count). The molecule has 1 fully saturated rings. The van der Waals surface area contributed by atoms with Gasteiger partial charge in [0.15, 0.2) is 17.3 Å². The van der Waals surface area contributed by atoms with Crippen molar-refractivity contribution < 1.29 is 34.5 Å². The number of hydrogen-bond acceptors (Lipinski definition) is 8. The topological polar surface area (TPSA) is 158 Å². The maximum Gasteiger partial charge on any atom is 0.255 e. The Hall–Kier alpha value is -4.40. The van der Waals surface area contributed by atoms with Crippen LogP contribution in [0.5, 0.6) is 5.75 Å². The number of Topliss-reactive ketones (excluding diaryl/α,β-unsaturated/α-hetero) is 2. The van der Waals surface area contributed by atoms with E-state index in [2.05, 4.69) is 0 Å². The van der Waals surface area contributed by atoms with Gasteiger partial charge in [0.05, 0.1) is 17.0 Å². The van der Waals surface area contributed by atoms with Gasteiger partial charge in [-0.1, -0.05) is 30.3 Å². The second-order valence-electron chi connectivity index (χ2n) is 9.99. The lowest BCUT2D eigenvalue weighted by atomic mass is 9.61. The number of hydrogen-bond donors (Lipinski definition) is 4. The van der Waals surface area contributed by atoms with Crippen molar-refractivity contribution in [2.24, 2.45) is 23.5 Å². The Kier molecular flexibility index (Phi) is 5.66. The van der Waals surface area contributed by atoms with Gasteiger partial charge in [-0.25, -0.2) is 0 Å². The van der Waals surface area contributed by atoms with E-state index in [0.717, 1.165) is 0 Å². The number of aromatic hydroxyl groups is 1. The second-order valence-corrected chi connectivity index (χ2v) is 9.99. The van der Waals surface area contributed by atoms with Gasteiger partial charge in [-0.15, -0.1) is 0 Å². The fourth-order valence-corrected chi connectivity index (χ4v) is 6.01. The average Bonchev–Trinajstić information content (AvgIpc) is 2.83. The van der Waals surface area contributed by atoms with E-state index in [0.29, 0.717) is 23.2 Å². The number of phenolic OH excluding ortho intramolecular Hbond substituents is 1. The van der Waals surface area contributed by atoms with Gasteiger partial charge in [0, 0.05) is 37.3 Å². The number of aliphatic hydroxyl groups excluding tert-OH is 2. The summed E-state index contributed by atoms with van der Waals surface area (Å²) in [6.07, 6.45) is 0.452. The Labute approximate surface area is 212 Å². The third-order valence-electron chi connectivity index (χ3n) is 7.63. The molecule has 0 aliphatic heterocycles.